The monoisotopic (exact) mass is 485 g/mol. The Hall–Kier alpha value is -2.77. The Kier molecular flexibility index (Phi) is 6.78. The van der Waals surface area contributed by atoms with E-state index in [9.17, 15) is 14.9 Å². The second kappa shape index (κ2) is 9.47. The first-order valence-electron chi connectivity index (χ1n) is 11.8. The molecule has 3 heterocycles. The third-order valence-electron chi connectivity index (χ3n) is 7.73. The van der Waals surface area contributed by atoms with Crippen molar-refractivity contribution in [2.75, 3.05) is 13.1 Å². The lowest BCUT2D eigenvalue weighted by Gasteiger charge is -2.38. The number of rotatable bonds is 5. The van der Waals surface area contributed by atoms with Crippen LogP contribution in [0.4, 0.5) is 0 Å². The number of carbonyl (C=O) groups excluding carboxylic acids is 2. The molecule has 3 aliphatic heterocycles. The number of carbonyl (C=O) groups is 2. The number of amides is 2. The molecular formula is C24H31N5O4S. The molecular weight excluding hydrogens is 454 g/mol. The summed E-state index contributed by atoms with van der Waals surface area (Å²) in [5.41, 5.74) is 2.39. The fraction of sp³-hybridized carbons (Fsp3) is 0.625. The Balaban J connectivity index is 0.000000636. The molecule has 182 valence electrons. The number of nitriles is 1. The summed E-state index contributed by atoms with van der Waals surface area (Å²) < 4.78 is 22.8. The predicted octanol–water partition coefficient (Wildman–Crippen LogP) is 2.12. The van der Waals surface area contributed by atoms with Crippen LogP contribution in [0.1, 0.15) is 50.3 Å². The number of hydrogen-bond donors (Lipinski definition) is 1. The zero-order valence-electron chi connectivity index (χ0n) is 19.7. The van der Waals surface area contributed by atoms with Crippen molar-refractivity contribution < 1.29 is 18.0 Å². The van der Waals surface area contributed by atoms with E-state index < -0.39 is 10.5 Å². The van der Waals surface area contributed by atoms with E-state index >= 15 is 0 Å². The second-order valence-electron chi connectivity index (χ2n) is 10.0. The van der Waals surface area contributed by atoms with Crippen molar-refractivity contribution in [3.8, 4) is 6.07 Å². The van der Waals surface area contributed by atoms with Crippen LogP contribution in [0.25, 0.3) is 0 Å². The standard InChI is InChI=1S/C24H30N4O2.HNO2S/c1-14-4-6-17(7-5-14)16(3)27-20-10-22(24(27)30)26(13-20)12-15(2)23(29)28-19(11-25)8-18-9-21(18)28;1-4(2)3/h4-7,15-16,18-22H,8-10,12-13H2,1-3H3;1H/t15-,16+,18+,19-,20-,21?,22-;/m0./s1. The Morgan fingerprint density at radius 1 is 1.21 bits per heavy atom. The number of fused-ring (bicyclic) bond motifs is 3. The van der Waals surface area contributed by atoms with Crippen LogP contribution in [-0.2, 0) is 20.1 Å². The number of piperazine rings is 1. The normalized spacial score (nSPS) is 30.8. The smallest absolute Gasteiger partial charge is 0.308 e. The largest absolute Gasteiger partial charge is 0.330 e. The molecule has 1 N–H and O–H groups in total. The molecule has 9 nitrogen and oxygen atoms in total. The fourth-order valence-electron chi connectivity index (χ4n) is 5.98. The van der Waals surface area contributed by atoms with Gasteiger partial charge in [-0.15, -0.1) is 0 Å². The van der Waals surface area contributed by atoms with Crippen LogP contribution in [0.15, 0.2) is 24.3 Å². The molecule has 4 aliphatic rings. The van der Waals surface area contributed by atoms with Gasteiger partial charge in [0.2, 0.25) is 11.8 Å². The van der Waals surface area contributed by atoms with Gasteiger partial charge in [0.25, 0.3) is 0 Å². The van der Waals surface area contributed by atoms with E-state index in [-0.39, 0.29) is 47.9 Å². The topological polar surface area (TPSA) is 126 Å². The van der Waals surface area contributed by atoms with Crippen LogP contribution >= 0.6 is 0 Å². The van der Waals surface area contributed by atoms with Crippen LogP contribution < -0.4 is 0 Å². The van der Waals surface area contributed by atoms with Gasteiger partial charge in [0.05, 0.1) is 18.2 Å². The Morgan fingerprint density at radius 3 is 2.44 bits per heavy atom. The van der Waals surface area contributed by atoms with Gasteiger partial charge in [-0.3, -0.25) is 14.5 Å². The first kappa shape index (κ1) is 24.4. The number of benzene rings is 1. The quantitative estimate of drug-likeness (QED) is 0.681. The van der Waals surface area contributed by atoms with Crippen molar-refractivity contribution in [2.24, 2.45) is 11.8 Å². The molecule has 2 amide bonds. The molecule has 0 spiro atoms. The van der Waals surface area contributed by atoms with Gasteiger partial charge in [0, 0.05) is 31.1 Å². The molecule has 1 saturated carbocycles. The number of piperidine rings is 1. The molecule has 0 radical (unpaired) electrons. The van der Waals surface area contributed by atoms with Crippen molar-refractivity contribution in [1.82, 2.24) is 14.7 Å². The summed E-state index contributed by atoms with van der Waals surface area (Å²) >= 11 is 0. The van der Waals surface area contributed by atoms with Crippen LogP contribution in [0, 0.1) is 34.9 Å². The minimum atomic E-state index is -2.61. The molecule has 5 rings (SSSR count). The number of aryl methyl sites for hydroxylation is 1. The van der Waals surface area contributed by atoms with Gasteiger partial charge in [-0.2, -0.15) is 18.5 Å². The predicted molar refractivity (Wildman–Crippen MR) is 124 cm³/mol. The highest BCUT2D eigenvalue weighted by molar-refractivity contribution is 7.60. The number of nitrogens with one attached hydrogen (secondary N) is 1. The molecule has 0 aromatic heterocycles. The first-order chi connectivity index (χ1) is 16.1. The van der Waals surface area contributed by atoms with Gasteiger partial charge in [0.1, 0.15) is 6.04 Å². The minimum absolute atomic E-state index is 0.0714. The highest BCUT2D eigenvalue weighted by Gasteiger charge is 2.55. The third kappa shape index (κ3) is 4.59. The summed E-state index contributed by atoms with van der Waals surface area (Å²) in [4.78, 5) is 32.3. The molecule has 4 fully saturated rings. The molecule has 2 bridgehead atoms. The summed E-state index contributed by atoms with van der Waals surface area (Å²) in [6, 6.07) is 10.9. The van der Waals surface area contributed by atoms with E-state index in [1.54, 1.807) is 0 Å². The van der Waals surface area contributed by atoms with Crippen molar-refractivity contribution in [1.29, 1.82) is 10.0 Å². The average Bonchev–Trinajstić information content (AvgIpc) is 3.12. The SMILES string of the molecule is Cc1ccc([C@@H](C)N2C(=O)[C@@H]3C[C@H]2CN3C[C@H](C)C(=O)N2C3C[C@H]3C[C@H]2C#N)cc1.N=S(=O)=O. The molecule has 7 atom stereocenters. The highest BCUT2D eigenvalue weighted by atomic mass is 32.2. The van der Waals surface area contributed by atoms with E-state index in [0.29, 0.717) is 12.5 Å². The zero-order chi connectivity index (χ0) is 24.7. The van der Waals surface area contributed by atoms with Crippen molar-refractivity contribution in [3.05, 3.63) is 35.4 Å². The number of likely N-dealkylation sites (tertiary alicyclic amines) is 3. The van der Waals surface area contributed by atoms with Crippen molar-refractivity contribution in [2.45, 2.75) is 70.2 Å². The molecule has 1 aliphatic carbocycles. The van der Waals surface area contributed by atoms with Gasteiger partial charge in [-0.1, -0.05) is 36.8 Å². The van der Waals surface area contributed by atoms with Crippen molar-refractivity contribution in [3.63, 3.8) is 0 Å². The molecule has 1 aromatic rings. The lowest BCUT2D eigenvalue weighted by atomic mass is 10.0. The minimum Gasteiger partial charge on any atom is -0.330 e. The summed E-state index contributed by atoms with van der Waals surface area (Å²) in [5, 5.41) is 9.40. The lowest BCUT2D eigenvalue weighted by Crippen LogP contribution is -2.53. The molecule has 1 aromatic carbocycles. The van der Waals surface area contributed by atoms with Crippen LogP contribution in [0.5, 0.6) is 0 Å². The highest BCUT2D eigenvalue weighted by Crippen LogP contribution is 2.48. The summed E-state index contributed by atoms with van der Waals surface area (Å²) in [6.07, 6.45) is 2.74. The number of hydrogen-bond acceptors (Lipinski definition) is 7. The second-order valence-corrected chi connectivity index (χ2v) is 10.5. The Labute approximate surface area is 201 Å². The zero-order valence-corrected chi connectivity index (χ0v) is 20.5. The maximum Gasteiger partial charge on any atom is 0.308 e. The lowest BCUT2D eigenvalue weighted by molar-refractivity contribution is -0.142. The van der Waals surface area contributed by atoms with Gasteiger partial charge >= 0.3 is 10.5 Å². The Morgan fingerprint density at radius 2 is 1.85 bits per heavy atom. The van der Waals surface area contributed by atoms with Crippen LogP contribution in [0.3, 0.4) is 0 Å². The van der Waals surface area contributed by atoms with Crippen LogP contribution in [0.2, 0.25) is 0 Å². The number of nitrogens with zero attached hydrogens (tertiary/aromatic N) is 4. The Bertz CT molecular complexity index is 1110. The van der Waals surface area contributed by atoms with E-state index in [2.05, 4.69) is 54.0 Å². The van der Waals surface area contributed by atoms with E-state index in [4.69, 9.17) is 13.2 Å². The maximum absolute atomic E-state index is 13.2. The molecule has 1 unspecified atom stereocenters. The third-order valence-corrected chi connectivity index (χ3v) is 7.73. The van der Waals surface area contributed by atoms with Gasteiger partial charge < -0.3 is 9.80 Å². The van der Waals surface area contributed by atoms with E-state index in [1.807, 2.05) is 11.8 Å². The van der Waals surface area contributed by atoms with E-state index in [0.717, 1.165) is 25.8 Å². The average molecular weight is 486 g/mol. The van der Waals surface area contributed by atoms with Crippen molar-refractivity contribution >= 4 is 22.3 Å². The van der Waals surface area contributed by atoms with Gasteiger partial charge in [0.15, 0.2) is 0 Å². The fourth-order valence-corrected chi connectivity index (χ4v) is 5.98. The first-order valence-corrected chi connectivity index (χ1v) is 12.8. The molecule has 10 heteroatoms. The molecule has 3 saturated heterocycles. The molecule has 34 heavy (non-hydrogen) atoms. The van der Waals surface area contributed by atoms with E-state index in [1.165, 1.54) is 11.1 Å². The summed E-state index contributed by atoms with van der Waals surface area (Å²) in [6.45, 7) is 7.57. The summed E-state index contributed by atoms with van der Waals surface area (Å²) in [7, 11) is -2.61. The summed E-state index contributed by atoms with van der Waals surface area (Å²) in [5.74, 6) is 0.631. The van der Waals surface area contributed by atoms with Gasteiger partial charge in [-0.05, 0) is 44.6 Å². The van der Waals surface area contributed by atoms with Gasteiger partial charge in [-0.25, -0.2) is 0 Å². The van der Waals surface area contributed by atoms with Crippen LogP contribution in [-0.4, -0.2) is 72.2 Å². The maximum atomic E-state index is 13.2.